The molecule has 0 aromatic heterocycles. The van der Waals surface area contributed by atoms with Gasteiger partial charge in [-0.05, 0) is 20.3 Å². The summed E-state index contributed by atoms with van der Waals surface area (Å²) >= 11 is 0. The number of ether oxygens (including phenoxy) is 1. The van der Waals surface area contributed by atoms with E-state index in [2.05, 4.69) is 11.3 Å². The van der Waals surface area contributed by atoms with Gasteiger partial charge < -0.3 is 9.84 Å². The van der Waals surface area contributed by atoms with Crippen molar-refractivity contribution in [3.05, 3.63) is 12.7 Å². The van der Waals surface area contributed by atoms with Gasteiger partial charge in [0.15, 0.2) is 5.60 Å². The molecule has 1 N–H and O–H groups in total. The summed E-state index contributed by atoms with van der Waals surface area (Å²) in [5, 5.41) is 9.14. The summed E-state index contributed by atoms with van der Waals surface area (Å²) in [5.41, 5.74) is -7.16. The molecule has 2 atom stereocenters. The Bertz CT molecular complexity index is 362. The van der Waals surface area contributed by atoms with Crippen molar-refractivity contribution in [3.8, 4) is 0 Å². The molecule has 0 amide bonds. The molecule has 0 rings (SSSR count). The molecule has 0 saturated heterocycles. The fraction of sp³-hybridized carbons (Fsp3) is 0.727. The van der Waals surface area contributed by atoms with Crippen LogP contribution in [-0.4, -0.2) is 34.4 Å². The van der Waals surface area contributed by atoms with Gasteiger partial charge in [0, 0.05) is 6.08 Å². The van der Waals surface area contributed by atoms with Crippen LogP contribution in [0, 0.1) is 0 Å². The van der Waals surface area contributed by atoms with Gasteiger partial charge in [-0.25, -0.2) is 4.79 Å². The van der Waals surface area contributed by atoms with Gasteiger partial charge in [-0.2, -0.15) is 22.0 Å². The van der Waals surface area contributed by atoms with Crippen LogP contribution >= 0.6 is 0 Å². The Kier molecular flexibility index (Phi) is 4.75. The second-order valence-corrected chi connectivity index (χ2v) is 4.35. The highest BCUT2D eigenvalue weighted by molar-refractivity contribution is 5.81. The maximum atomic E-state index is 14.0. The molecule has 0 aromatic rings. The summed E-state index contributed by atoms with van der Waals surface area (Å²) in [6, 6.07) is 0. The molecule has 0 aromatic carbocycles. The number of hydrogen-bond acceptors (Lipinski definition) is 3. The van der Waals surface area contributed by atoms with Crippen LogP contribution in [0.1, 0.15) is 27.2 Å². The van der Waals surface area contributed by atoms with Crippen molar-refractivity contribution in [2.75, 3.05) is 0 Å². The zero-order chi connectivity index (χ0) is 15.7. The summed E-state index contributed by atoms with van der Waals surface area (Å²) in [5.74, 6) is -6.05. The van der Waals surface area contributed by atoms with E-state index in [0.29, 0.717) is 13.0 Å². The van der Waals surface area contributed by atoms with Crippen molar-refractivity contribution >= 4 is 5.97 Å². The predicted octanol–water partition coefficient (Wildman–Crippen LogP) is 2.83. The van der Waals surface area contributed by atoms with E-state index in [1.54, 1.807) is 0 Å². The summed E-state index contributed by atoms with van der Waals surface area (Å²) in [6.45, 7) is 4.63. The number of alkyl halides is 5. The average Bonchev–Trinajstić information content (AvgIpc) is 2.26. The lowest BCUT2D eigenvalue weighted by atomic mass is 9.82. The molecule has 0 aliphatic carbocycles. The van der Waals surface area contributed by atoms with E-state index in [0.717, 1.165) is 6.92 Å². The molecule has 2 unspecified atom stereocenters. The molecule has 0 fully saturated rings. The second kappa shape index (κ2) is 5.07. The molecule has 3 nitrogen and oxygen atoms in total. The molecule has 112 valence electrons. The topological polar surface area (TPSA) is 46.5 Å². The monoisotopic (exact) mass is 290 g/mol. The van der Waals surface area contributed by atoms with Crippen LogP contribution in [0.25, 0.3) is 0 Å². The zero-order valence-corrected chi connectivity index (χ0v) is 10.6. The number of hydrogen-bond donors (Lipinski definition) is 1. The van der Waals surface area contributed by atoms with Crippen molar-refractivity contribution in [1.82, 2.24) is 0 Å². The van der Waals surface area contributed by atoms with Gasteiger partial charge in [-0.1, -0.05) is 13.5 Å². The SMILES string of the molecule is C=CC(=O)OC(C)(CC)C(F)(F)C(C)(O)C(F)(F)F. The summed E-state index contributed by atoms with van der Waals surface area (Å²) in [4.78, 5) is 11.0. The smallest absolute Gasteiger partial charge is 0.423 e. The van der Waals surface area contributed by atoms with E-state index in [-0.39, 0.29) is 6.92 Å². The highest BCUT2D eigenvalue weighted by Crippen LogP contribution is 2.49. The Hall–Kier alpha value is -1.18. The third-order valence-corrected chi connectivity index (χ3v) is 2.99. The third kappa shape index (κ3) is 2.88. The molecule has 0 aliphatic rings. The average molecular weight is 290 g/mol. The van der Waals surface area contributed by atoms with Gasteiger partial charge in [-0.3, -0.25) is 0 Å². The fourth-order valence-corrected chi connectivity index (χ4v) is 1.31. The first-order valence-electron chi connectivity index (χ1n) is 5.29. The van der Waals surface area contributed by atoms with E-state index in [1.807, 2.05) is 0 Å². The highest BCUT2D eigenvalue weighted by Gasteiger charge is 2.73. The van der Waals surface area contributed by atoms with Crippen LogP contribution in [0.15, 0.2) is 12.7 Å². The lowest BCUT2D eigenvalue weighted by molar-refractivity contribution is -0.359. The third-order valence-electron chi connectivity index (χ3n) is 2.99. The number of carbonyl (C=O) groups is 1. The maximum absolute atomic E-state index is 14.0. The molecule has 0 aliphatic heterocycles. The fourth-order valence-electron chi connectivity index (χ4n) is 1.31. The van der Waals surface area contributed by atoms with Gasteiger partial charge in [0.1, 0.15) is 0 Å². The van der Waals surface area contributed by atoms with Crippen molar-refractivity contribution in [1.29, 1.82) is 0 Å². The van der Waals surface area contributed by atoms with Crippen LogP contribution in [0.5, 0.6) is 0 Å². The molecule has 0 heterocycles. The second-order valence-electron chi connectivity index (χ2n) is 4.35. The highest BCUT2D eigenvalue weighted by atomic mass is 19.4. The van der Waals surface area contributed by atoms with Crippen molar-refractivity contribution in [2.45, 2.75) is 50.5 Å². The zero-order valence-electron chi connectivity index (χ0n) is 10.6. The lowest BCUT2D eigenvalue weighted by Gasteiger charge is -2.43. The van der Waals surface area contributed by atoms with Gasteiger partial charge in [-0.15, -0.1) is 0 Å². The minimum absolute atomic E-state index is 0.0668. The van der Waals surface area contributed by atoms with Crippen molar-refractivity contribution in [3.63, 3.8) is 0 Å². The Morgan fingerprint density at radius 2 is 1.68 bits per heavy atom. The van der Waals surface area contributed by atoms with Gasteiger partial charge in [0.25, 0.3) is 0 Å². The Balaban J connectivity index is 5.69. The van der Waals surface area contributed by atoms with E-state index in [1.165, 1.54) is 0 Å². The van der Waals surface area contributed by atoms with Gasteiger partial charge in [0.2, 0.25) is 5.60 Å². The number of carbonyl (C=O) groups excluding carboxylic acids is 1. The molecular weight excluding hydrogens is 275 g/mol. The number of rotatable bonds is 5. The first kappa shape index (κ1) is 17.8. The van der Waals surface area contributed by atoms with Crippen LogP contribution in [0.4, 0.5) is 22.0 Å². The van der Waals surface area contributed by atoms with E-state index >= 15 is 0 Å². The van der Waals surface area contributed by atoms with E-state index in [4.69, 9.17) is 5.11 Å². The van der Waals surface area contributed by atoms with Crippen LogP contribution in [-0.2, 0) is 9.53 Å². The number of halogens is 5. The lowest BCUT2D eigenvalue weighted by Crippen LogP contribution is -2.66. The molecule has 19 heavy (non-hydrogen) atoms. The molecule has 0 bridgehead atoms. The Morgan fingerprint density at radius 3 is 1.95 bits per heavy atom. The summed E-state index contributed by atoms with van der Waals surface area (Å²) in [6.07, 6.45) is -5.67. The number of esters is 1. The largest absolute Gasteiger partial charge is 0.450 e. The first-order chi connectivity index (χ1) is 8.27. The van der Waals surface area contributed by atoms with Crippen molar-refractivity contribution in [2.24, 2.45) is 0 Å². The molecule has 0 radical (unpaired) electrons. The van der Waals surface area contributed by atoms with Crippen LogP contribution in [0.2, 0.25) is 0 Å². The van der Waals surface area contributed by atoms with Gasteiger partial charge in [0.05, 0.1) is 0 Å². The molecule has 0 spiro atoms. The molecule has 0 saturated carbocycles. The maximum Gasteiger partial charge on any atom is 0.423 e. The Morgan fingerprint density at radius 1 is 1.26 bits per heavy atom. The summed E-state index contributed by atoms with van der Waals surface area (Å²) < 4.78 is 69.8. The predicted molar refractivity (Wildman–Crippen MR) is 56.6 cm³/mol. The summed E-state index contributed by atoms with van der Waals surface area (Å²) in [7, 11) is 0. The molecular formula is C11H15F5O3. The van der Waals surface area contributed by atoms with Gasteiger partial charge >= 0.3 is 18.1 Å². The number of aliphatic hydroxyl groups is 1. The normalized spacial score (nSPS) is 19.2. The van der Waals surface area contributed by atoms with Crippen LogP contribution < -0.4 is 0 Å². The minimum Gasteiger partial charge on any atom is -0.450 e. The quantitative estimate of drug-likeness (QED) is 0.481. The minimum atomic E-state index is -5.59. The first-order valence-corrected chi connectivity index (χ1v) is 5.29. The van der Waals surface area contributed by atoms with E-state index in [9.17, 15) is 26.7 Å². The Labute approximate surface area is 107 Å². The standard InChI is InChI=1S/C11H15F5O3/c1-5-7(17)19-8(3,6-2)10(12,13)9(4,18)11(14,15)16/h5,18H,1,6H2,2-4H3. The van der Waals surface area contributed by atoms with Crippen molar-refractivity contribution < 1.29 is 36.6 Å². The van der Waals surface area contributed by atoms with Crippen LogP contribution in [0.3, 0.4) is 0 Å². The molecule has 8 heteroatoms. The van der Waals surface area contributed by atoms with E-state index < -0.39 is 35.7 Å².